The molecule has 0 radical (unpaired) electrons. The molecule has 0 unspecified atom stereocenters. The number of aromatic hydroxyl groups is 1. The highest BCUT2D eigenvalue weighted by Crippen LogP contribution is 2.34. The van der Waals surface area contributed by atoms with Crippen LogP contribution in [0.2, 0.25) is 10.0 Å². The van der Waals surface area contributed by atoms with Gasteiger partial charge in [0.1, 0.15) is 5.02 Å². The Morgan fingerprint density at radius 2 is 1.70 bits per heavy atom. The van der Waals surface area contributed by atoms with Crippen molar-refractivity contribution in [1.29, 1.82) is 0 Å². The molecule has 0 saturated carbocycles. The smallest absolute Gasteiger partial charge is 0.232 e. The topological polar surface area (TPSA) is 67.3 Å². The van der Waals surface area contributed by atoms with Crippen molar-refractivity contribution in [3.8, 4) is 5.88 Å². The molecule has 0 bridgehead atoms. The molecule has 7 heteroatoms. The first-order valence-corrected chi connectivity index (χ1v) is 9.04. The van der Waals surface area contributed by atoms with Gasteiger partial charge in [-0.05, 0) is 17.7 Å². The summed E-state index contributed by atoms with van der Waals surface area (Å²) < 4.78 is 25.5. The van der Waals surface area contributed by atoms with Crippen LogP contribution in [0.25, 0.3) is 10.8 Å². The molecule has 0 aliphatic heterocycles. The van der Waals surface area contributed by atoms with E-state index in [9.17, 15) is 13.5 Å². The highest BCUT2D eigenvalue weighted by molar-refractivity contribution is 7.90. The predicted octanol–water partition coefficient (Wildman–Crippen LogP) is 4.22. The third-order valence-electron chi connectivity index (χ3n) is 3.34. The number of nitrogens with zero attached hydrogens (tertiary/aromatic N) is 1. The molecule has 0 fully saturated rings. The van der Waals surface area contributed by atoms with Gasteiger partial charge in [-0.25, -0.2) is 8.42 Å². The van der Waals surface area contributed by atoms with E-state index >= 15 is 0 Å². The van der Waals surface area contributed by atoms with Crippen molar-refractivity contribution >= 4 is 43.8 Å². The Hall–Kier alpha value is -1.82. The lowest BCUT2D eigenvalue weighted by Crippen LogP contribution is -2.08. The van der Waals surface area contributed by atoms with Crippen molar-refractivity contribution in [2.45, 2.75) is 10.8 Å². The number of hydrogen-bond donors (Lipinski definition) is 1. The third-order valence-corrected chi connectivity index (χ3v) is 5.56. The van der Waals surface area contributed by atoms with Gasteiger partial charge in [-0.15, -0.1) is 0 Å². The SMILES string of the molecule is O=S(=O)(Cc1cccc(Cl)c1)c1nc(O)c(Cl)c2ccccc12. The molecule has 0 amide bonds. The van der Waals surface area contributed by atoms with Crippen molar-refractivity contribution in [2.75, 3.05) is 0 Å². The summed E-state index contributed by atoms with van der Waals surface area (Å²) in [6.45, 7) is 0. The number of sulfone groups is 1. The van der Waals surface area contributed by atoms with Gasteiger partial charge in [0.2, 0.25) is 15.7 Å². The van der Waals surface area contributed by atoms with E-state index in [-0.39, 0.29) is 15.8 Å². The van der Waals surface area contributed by atoms with E-state index in [4.69, 9.17) is 23.2 Å². The van der Waals surface area contributed by atoms with Crippen molar-refractivity contribution in [2.24, 2.45) is 0 Å². The second-order valence-electron chi connectivity index (χ2n) is 4.99. The number of aromatic nitrogens is 1. The van der Waals surface area contributed by atoms with E-state index in [1.807, 2.05) is 0 Å². The molecule has 0 aliphatic carbocycles. The standard InChI is InChI=1S/C16H11Cl2NO3S/c17-11-5-3-4-10(8-11)9-23(21,22)16-13-7-2-1-6-12(13)14(18)15(20)19-16/h1-8H,9H2,(H,19,20). The molecule has 0 saturated heterocycles. The minimum Gasteiger partial charge on any atom is -0.492 e. The zero-order valence-corrected chi connectivity index (χ0v) is 14.0. The van der Waals surface area contributed by atoms with Crippen molar-refractivity contribution < 1.29 is 13.5 Å². The first kappa shape index (κ1) is 16.1. The number of hydrogen-bond acceptors (Lipinski definition) is 4. The highest BCUT2D eigenvalue weighted by Gasteiger charge is 2.23. The van der Waals surface area contributed by atoms with Crippen molar-refractivity contribution in [3.63, 3.8) is 0 Å². The van der Waals surface area contributed by atoms with Gasteiger partial charge in [-0.3, -0.25) is 0 Å². The number of benzene rings is 2. The second-order valence-corrected chi connectivity index (χ2v) is 7.71. The summed E-state index contributed by atoms with van der Waals surface area (Å²) in [5.74, 6) is -0.777. The zero-order valence-electron chi connectivity index (χ0n) is 11.7. The molecule has 3 rings (SSSR count). The predicted molar refractivity (Wildman–Crippen MR) is 90.8 cm³/mol. The molecule has 0 aliphatic rings. The Morgan fingerprint density at radius 3 is 2.39 bits per heavy atom. The summed E-state index contributed by atoms with van der Waals surface area (Å²) in [7, 11) is -3.78. The normalized spacial score (nSPS) is 11.7. The fraction of sp³-hybridized carbons (Fsp3) is 0.0625. The maximum atomic E-state index is 12.7. The Kier molecular flexibility index (Phi) is 4.19. The van der Waals surface area contributed by atoms with E-state index < -0.39 is 15.7 Å². The monoisotopic (exact) mass is 367 g/mol. The van der Waals surface area contributed by atoms with Crippen LogP contribution in [-0.2, 0) is 15.6 Å². The van der Waals surface area contributed by atoms with Crippen LogP contribution in [0.3, 0.4) is 0 Å². The maximum Gasteiger partial charge on any atom is 0.232 e. The van der Waals surface area contributed by atoms with Crippen LogP contribution in [0, 0.1) is 0 Å². The van der Waals surface area contributed by atoms with Crippen molar-refractivity contribution in [3.05, 3.63) is 64.1 Å². The zero-order chi connectivity index (χ0) is 16.6. The van der Waals surface area contributed by atoms with Gasteiger partial charge in [0, 0.05) is 15.8 Å². The molecule has 1 aromatic heterocycles. The molecule has 23 heavy (non-hydrogen) atoms. The minimum atomic E-state index is -3.78. The lowest BCUT2D eigenvalue weighted by Gasteiger charge is -2.10. The van der Waals surface area contributed by atoms with Crippen LogP contribution in [-0.4, -0.2) is 18.5 Å². The summed E-state index contributed by atoms with van der Waals surface area (Å²) >= 11 is 11.9. The molecular formula is C16H11Cl2NO3S. The minimum absolute atomic E-state index is 0.0299. The second kappa shape index (κ2) is 6.00. The summed E-state index contributed by atoms with van der Waals surface area (Å²) in [6.07, 6.45) is 0. The summed E-state index contributed by atoms with van der Waals surface area (Å²) in [4.78, 5) is 3.79. The van der Waals surface area contributed by atoms with Crippen LogP contribution in [0.15, 0.2) is 53.6 Å². The van der Waals surface area contributed by atoms with Gasteiger partial charge in [0.25, 0.3) is 0 Å². The summed E-state index contributed by atoms with van der Waals surface area (Å²) in [5.41, 5.74) is 0.540. The maximum absolute atomic E-state index is 12.7. The Labute approximate surface area is 143 Å². The van der Waals surface area contributed by atoms with E-state index in [0.717, 1.165) is 0 Å². The van der Waals surface area contributed by atoms with E-state index in [1.54, 1.807) is 48.5 Å². The fourth-order valence-corrected chi connectivity index (χ4v) is 4.25. The molecule has 1 N–H and O–H groups in total. The molecule has 0 atom stereocenters. The Balaban J connectivity index is 2.17. The first-order chi connectivity index (χ1) is 10.9. The van der Waals surface area contributed by atoms with Crippen LogP contribution >= 0.6 is 23.2 Å². The van der Waals surface area contributed by atoms with E-state index in [0.29, 0.717) is 21.4 Å². The van der Waals surface area contributed by atoms with Gasteiger partial charge < -0.3 is 5.11 Å². The van der Waals surface area contributed by atoms with Gasteiger partial charge >= 0.3 is 0 Å². The fourth-order valence-electron chi connectivity index (χ4n) is 2.34. The largest absolute Gasteiger partial charge is 0.492 e. The highest BCUT2D eigenvalue weighted by atomic mass is 35.5. The molecule has 4 nitrogen and oxygen atoms in total. The number of pyridine rings is 1. The first-order valence-electron chi connectivity index (χ1n) is 6.63. The Morgan fingerprint density at radius 1 is 1.00 bits per heavy atom. The van der Waals surface area contributed by atoms with Gasteiger partial charge in [-0.2, -0.15) is 4.98 Å². The number of halogens is 2. The lowest BCUT2D eigenvalue weighted by molar-refractivity contribution is 0.449. The van der Waals surface area contributed by atoms with Crippen LogP contribution in [0.4, 0.5) is 0 Å². The number of rotatable bonds is 3. The van der Waals surface area contributed by atoms with Crippen LogP contribution in [0.5, 0.6) is 5.88 Å². The average molecular weight is 368 g/mol. The molecule has 3 aromatic rings. The quantitative estimate of drug-likeness (QED) is 0.752. The molecular weight excluding hydrogens is 357 g/mol. The van der Waals surface area contributed by atoms with E-state index in [2.05, 4.69) is 4.98 Å². The molecule has 0 spiro atoms. The number of fused-ring (bicyclic) bond motifs is 1. The lowest BCUT2D eigenvalue weighted by atomic mass is 10.2. The van der Waals surface area contributed by atoms with Crippen LogP contribution < -0.4 is 0 Å². The third kappa shape index (κ3) is 3.13. The molecule has 2 aromatic carbocycles. The van der Waals surface area contributed by atoms with Crippen molar-refractivity contribution in [1.82, 2.24) is 4.98 Å². The van der Waals surface area contributed by atoms with Gasteiger partial charge in [0.15, 0.2) is 5.03 Å². The average Bonchev–Trinajstić information content (AvgIpc) is 2.50. The van der Waals surface area contributed by atoms with Gasteiger partial charge in [0.05, 0.1) is 5.75 Å². The van der Waals surface area contributed by atoms with Crippen LogP contribution in [0.1, 0.15) is 5.56 Å². The summed E-state index contributed by atoms with van der Waals surface area (Å²) in [5, 5.41) is 10.9. The molecule has 1 heterocycles. The van der Waals surface area contributed by atoms with Gasteiger partial charge in [-0.1, -0.05) is 59.6 Å². The Bertz CT molecular complexity index is 1000. The molecule has 118 valence electrons. The van der Waals surface area contributed by atoms with E-state index in [1.165, 1.54) is 0 Å². The summed E-state index contributed by atoms with van der Waals surface area (Å²) in [6, 6.07) is 13.2.